The predicted octanol–water partition coefficient (Wildman–Crippen LogP) is 1.76. The van der Waals surface area contributed by atoms with E-state index in [1.807, 2.05) is 20.8 Å². The van der Waals surface area contributed by atoms with E-state index in [0.717, 1.165) is 0 Å². The molecule has 0 spiro atoms. The van der Waals surface area contributed by atoms with Crippen LogP contribution in [0.15, 0.2) is 12.7 Å². The lowest BCUT2D eigenvalue weighted by atomic mass is 9.88. The van der Waals surface area contributed by atoms with Crippen LogP contribution in [-0.2, 0) is 9.53 Å². The SMILES string of the molecule is C=CC(C)(C)C(C)OC=O. The van der Waals surface area contributed by atoms with Crippen LogP contribution in [0.4, 0.5) is 0 Å². The maximum Gasteiger partial charge on any atom is 0.293 e. The Morgan fingerprint density at radius 2 is 2.10 bits per heavy atom. The molecule has 0 aliphatic heterocycles. The number of rotatable bonds is 4. The second kappa shape index (κ2) is 3.40. The third-order valence-corrected chi connectivity index (χ3v) is 1.83. The van der Waals surface area contributed by atoms with Gasteiger partial charge in [-0.05, 0) is 6.92 Å². The first-order valence-electron chi connectivity index (χ1n) is 3.27. The Morgan fingerprint density at radius 1 is 1.60 bits per heavy atom. The highest BCUT2D eigenvalue weighted by Gasteiger charge is 2.22. The molecule has 1 unspecified atom stereocenters. The molecule has 0 aromatic rings. The molecule has 0 aromatic heterocycles. The molecule has 0 rings (SSSR count). The molecule has 0 saturated carbocycles. The average molecular weight is 142 g/mol. The second-order valence-corrected chi connectivity index (χ2v) is 2.90. The van der Waals surface area contributed by atoms with Gasteiger partial charge in [0, 0.05) is 5.41 Å². The molecule has 58 valence electrons. The maximum absolute atomic E-state index is 9.92. The third-order valence-electron chi connectivity index (χ3n) is 1.83. The van der Waals surface area contributed by atoms with Crippen molar-refractivity contribution in [2.45, 2.75) is 26.9 Å². The predicted molar refractivity (Wildman–Crippen MR) is 40.6 cm³/mol. The molecule has 0 bridgehead atoms. The number of hydrogen-bond donors (Lipinski definition) is 0. The fraction of sp³-hybridized carbons (Fsp3) is 0.625. The van der Waals surface area contributed by atoms with Crippen LogP contribution in [-0.4, -0.2) is 12.6 Å². The van der Waals surface area contributed by atoms with Crippen LogP contribution in [0.3, 0.4) is 0 Å². The summed E-state index contributed by atoms with van der Waals surface area (Å²) in [4.78, 5) is 9.92. The average Bonchev–Trinajstić information content (AvgIpc) is 1.89. The molecule has 2 heteroatoms. The van der Waals surface area contributed by atoms with Crippen LogP contribution in [0.5, 0.6) is 0 Å². The molecule has 0 N–H and O–H groups in total. The minimum atomic E-state index is -0.138. The summed E-state index contributed by atoms with van der Waals surface area (Å²) in [7, 11) is 0. The Bertz CT molecular complexity index is 127. The van der Waals surface area contributed by atoms with Crippen LogP contribution in [0.25, 0.3) is 0 Å². The molecule has 0 fully saturated rings. The van der Waals surface area contributed by atoms with Gasteiger partial charge in [0.1, 0.15) is 6.10 Å². The largest absolute Gasteiger partial charge is 0.464 e. The molecule has 0 saturated heterocycles. The monoisotopic (exact) mass is 142 g/mol. The Balaban J connectivity index is 4.02. The zero-order valence-electron chi connectivity index (χ0n) is 6.76. The second-order valence-electron chi connectivity index (χ2n) is 2.90. The Labute approximate surface area is 61.9 Å². The van der Waals surface area contributed by atoms with Crippen molar-refractivity contribution in [3.05, 3.63) is 12.7 Å². The molecule has 0 aliphatic carbocycles. The highest BCUT2D eigenvalue weighted by atomic mass is 16.5. The highest BCUT2D eigenvalue weighted by molar-refractivity contribution is 5.37. The van der Waals surface area contributed by atoms with Crippen molar-refractivity contribution in [1.82, 2.24) is 0 Å². The maximum atomic E-state index is 9.92. The van der Waals surface area contributed by atoms with E-state index in [2.05, 4.69) is 6.58 Å². The van der Waals surface area contributed by atoms with Gasteiger partial charge in [0.2, 0.25) is 0 Å². The van der Waals surface area contributed by atoms with Crippen LogP contribution in [0, 0.1) is 5.41 Å². The van der Waals surface area contributed by atoms with Gasteiger partial charge < -0.3 is 4.74 Å². The molecule has 10 heavy (non-hydrogen) atoms. The van der Waals surface area contributed by atoms with Crippen LogP contribution < -0.4 is 0 Å². The Hall–Kier alpha value is -0.790. The summed E-state index contributed by atoms with van der Waals surface area (Å²) >= 11 is 0. The number of hydrogen-bond acceptors (Lipinski definition) is 2. The third kappa shape index (κ3) is 2.21. The van der Waals surface area contributed by atoms with Gasteiger partial charge in [0.25, 0.3) is 6.47 Å². The molecule has 0 heterocycles. The first-order chi connectivity index (χ1) is 4.54. The standard InChI is InChI=1S/C8H14O2/c1-5-8(3,4)7(2)10-6-9/h5-7H,1H2,2-4H3. The molecule has 2 nitrogen and oxygen atoms in total. The lowest BCUT2D eigenvalue weighted by Gasteiger charge is -2.25. The summed E-state index contributed by atoms with van der Waals surface area (Å²) in [5.41, 5.74) is -0.138. The zero-order chi connectivity index (χ0) is 8.20. The minimum Gasteiger partial charge on any atom is -0.464 e. The van der Waals surface area contributed by atoms with Crippen LogP contribution in [0.1, 0.15) is 20.8 Å². The van der Waals surface area contributed by atoms with E-state index in [9.17, 15) is 4.79 Å². The Morgan fingerprint density at radius 3 is 2.40 bits per heavy atom. The normalized spacial score (nSPS) is 13.9. The van der Waals surface area contributed by atoms with E-state index in [0.29, 0.717) is 6.47 Å². The van der Waals surface area contributed by atoms with Crippen molar-refractivity contribution in [2.24, 2.45) is 5.41 Å². The van der Waals surface area contributed by atoms with Crippen molar-refractivity contribution in [1.29, 1.82) is 0 Å². The summed E-state index contributed by atoms with van der Waals surface area (Å²) in [6, 6.07) is 0. The van der Waals surface area contributed by atoms with Gasteiger partial charge in [-0.1, -0.05) is 19.9 Å². The number of carbonyl (C=O) groups is 1. The van der Waals surface area contributed by atoms with Crippen molar-refractivity contribution >= 4 is 6.47 Å². The molecular formula is C8H14O2. The molecule has 0 aliphatic rings. The van der Waals surface area contributed by atoms with E-state index in [-0.39, 0.29) is 11.5 Å². The zero-order valence-corrected chi connectivity index (χ0v) is 6.76. The summed E-state index contributed by atoms with van der Waals surface area (Å²) in [6.07, 6.45) is 1.67. The first-order valence-corrected chi connectivity index (χ1v) is 3.27. The molecule has 0 amide bonds. The topological polar surface area (TPSA) is 26.3 Å². The fourth-order valence-electron chi connectivity index (χ4n) is 0.425. The van der Waals surface area contributed by atoms with Crippen molar-refractivity contribution < 1.29 is 9.53 Å². The van der Waals surface area contributed by atoms with Gasteiger partial charge in [-0.3, -0.25) is 4.79 Å². The van der Waals surface area contributed by atoms with E-state index in [1.54, 1.807) is 6.08 Å². The van der Waals surface area contributed by atoms with Gasteiger partial charge in [0.15, 0.2) is 0 Å². The summed E-state index contributed by atoms with van der Waals surface area (Å²) in [5.74, 6) is 0. The van der Waals surface area contributed by atoms with Gasteiger partial charge in [0.05, 0.1) is 0 Å². The van der Waals surface area contributed by atoms with Crippen LogP contribution in [0.2, 0.25) is 0 Å². The van der Waals surface area contributed by atoms with E-state index in [1.165, 1.54) is 0 Å². The van der Waals surface area contributed by atoms with Crippen molar-refractivity contribution in [3.8, 4) is 0 Å². The van der Waals surface area contributed by atoms with E-state index >= 15 is 0 Å². The van der Waals surface area contributed by atoms with Gasteiger partial charge in [-0.15, -0.1) is 6.58 Å². The van der Waals surface area contributed by atoms with Crippen LogP contribution >= 0.6 is 0 Å². The van der Waals surface area contributed by atoms with Gasteiger partial charge in [-0.2, -0.15) is 0 Å². The van der Waals surface area contributed by atoms with E-state index in [4.69, 9.17) is 4.74 Å². The molecule has 0 aromatic carbocycles. The first kappa shape index (κ1) is 9.21. The van der Waals surface area contributed by atoms with Gasteiger partial charge >= 0.3 is 0 Å². The lowest BCUT2D eigenvalue weighted by molar-refractivity contribution is -0.136. The minimum absolute atomic E-state index is 0.109. The molecule has 0 radical (unpaired) electrons. The van der Waals surface area contributed by atoms with Crippen molar-refractivity contribution in [3.63, 3.8) is 0 Å². The lowest BCUT2D eigenvalue weighted by Crippen LogP contribution is -2.26. The summed E-state index contributed by atoms with van der Waals surface area (Å²) < 4.78 is 4.75. The number of carbonyl (C=O) groups excluding carboxylic acids is 1. The molecular weight excluding hydrogens is 128 g/mol. The summed E-state index contributed by atoms with van der Waals surface area (Å²) in [5, 5.41) is 0. The fourth-order valence-corrected chi connectivity index (χ4v) is 0.425. The molecule has 1 atom stereocenters. The quantitative estimate of drug-likeness (QED) is 0.441. The Kier molecular flexibility index (Phi) is 3.13. The van der Waals surface area contributed by atoms with E-state index < -0.39 is 0 Å². The highest BCUT2D eigenvalue weighted by Crippen LogP contribution is 2.23. The van der Waals surface area contributed by atoms with Gasteiger partial charge in [-0.25, -0.2) is 0 Å². The number of ether oxygens (including phenoxy) is 1. The smallest absolute Gasteiger partial charge is 0.293 e. The summed E-state index contributed by atoms with van der Waals surface area (Å²) in [6.45, 7) is 9.88. The van der Waals surface area contributed by atoms with Crippen molar-refractivity contribution in [2.75, 3.05) is 0 Å².